The number of aromatic nitrogens is 7. The first-order chi connectivity index (χ1) is 24.2. The number of rotatable bonds is 22. The second-order valence-corrected chi connectivity index (χ2v) is 10.8. The molecule has 0 saturated carbocycles. The van der Waals surface area contributed by atoms with Gasteiger partial charge in [0.25, 0.3) is 5.91 Å². The number of aromatic hydroxyl groups is 1. The number of carbonyl (C=O) groups is 3. The van der Waals surface area contributed by atoms with Gasteiger partial charge >= 0.3 is 5.97 Å². The number of aryl methyl sites for hydroxylation is 1. The summed E-state index contributed by atoms with van der Waals surface area (Å²) in [5.74, 6) is -2.71. The smallest absolute Gasteiger partial charge is 0.326 e. The van der Waals surface area contributed by atoms with Crippen molar-refractivity contribution in [1.29, 1.82) is 0 Å². The number of anilines is 2. The lowest BCUT2D eigenvalue weighted by Crippen LogP contribution is -2.41. The van der Waals surface area contributed by atoms with E-state index < -0.39 is 17.9 Å². The minimum atomic E-state index is -1.26. The third-order valence-corrected chi connectivity index (χ3v) is 7.07. The average Bonchev–Trinajstić information content (AvgIpc) is 3.57. The van der Waals surface area contributed by atoms with Crippen molar-refractivity contribution in [2.45, 2.75) is 45.3 Å². The molecule has 1 atom stereocenters. The maximum atomic E-state index is 12.7. The van der Waals surface area contributed by atoms with Crippen molar-refractivity contribution in [3.8, 4) is 5.88 Å². The Kier molecular flexibility index (Phi) is 14.5. The minimum absolute atomic E-state index is 0.0953. The molecule has 3 aromatic heterocycles. The highest BCUT2D eigenvalue weighted by Gasteiger charge is 2.22. The molecule has 3 heterocycles. The zero-order valence-corrected chi connectivity index (χ0v) is 27.6. The number of hydrogen-bond donors (Lipinski definition) is 6. The Bertz CT molecular complexity index is 1700. The van der Waals surface area contributed by atoms with Gasteiger partial charge in [-0.1, -0.05) is 12.1 Å². The van der Waals surface area contributed by atoms with Gasteiger partial charge in [0.2, 0.25) is 17.7 Å². The van der Waals surface area contributed by atoms with E-state index in [0.717, 1.165) is 12.1 Å². The monoisotopic (exact) mass is 695 g/mol. The van der Waals surface area contributed by atoms with E-state index in [9.17, 15) is 24.6 Å². The Labute approximate surface area is 287 Å². The summed E-state index contributed by atoms with van der Waals surface area (Å²) in [7, 11) is 0. The summed E-state index contributed by atoms with van der Waals surface area (Å²) >= 11 is 0. The van der Waals surface area contributed by atoms with Crippen LogP contribution in [-0.2, 0) is 43.3 Å². The summed E-state index contributed by atoms with van der Waals surface area (Å²) < 4.78 is 18.1. The molecule has 0 radical (unpaired) electrons. The summed E-state index contributed by atoms with van der Waals surface area (Å²) in [6.07, 6.45) is 4.01. The van der Waals surface area contributed by atoms with Gasteiger partial charge in [-0.3, -0.25) is 9.59 Å². The number of benzene rings is 1. The number of carboxylic acids is 1. The molecule has 0 fully saturated rings. The van der Waals surface area contributed by atoms with E-state index in [0.29, 0.717) is 51.0 Å². The van der Waals surface area contributed by atoms with Crippen LogP contribution >= 0.6 is 0 Å². The predicted molar refractivity (Wildman–Crippen MR) is 178 cm³/mol. The molecule has 19 nitrogen and oxygen atoms in total. The van der Waals surface area contributed by atoms with Crippen LogP contribution in [0.2, 0.25) is 0 Å². The van der Waals surface area contributed by atoms with Crippen LogP contribution in [0.15, 0.2) is 36.7 Å². The lowest BCUT2D eigenvalue weighted by Gasteiger charge is -2.15. The van der Waals surface area contributed by atoms with Gasteiger partial charge in [0.05, 0.1) is 70.3 Å². The Hall–Kier alpha value is -5.53. The van der Waals surface area contributed by atoms with Crippen molar-refractivity contribution in [2.24, 2.45) is 0 Å². The van der Waals surface area contributed by atoms with Crippen LogP contribution in [0.5, 0.6) is 5.88 Å². The molecule has 0 aliphatic rings. The zero-order valence-electron chi connectivity index (χ0n) is 27.6. The third kappa shape index (κ3) is 12.2. The number of amides is 2. The van der Waals surface area contributed by atoms with Crippen molar-refractivity contribution in [2.75, 3.05) is 57.2 Å². The van der Waals surface area contributed by atoms with Gasteiger partial charge in [0.15, 0.2) is 11.2 Å². The van der Waals surface area contributed by atoms with E-state index in [-0.39, 0.29) is 67.0 Å². The standard InChI is InChI=1S/C31H41N11O8/c1-2-21-19-42(41-40-21)10-12-49-14-16-50-15-13-48-11-9-33-25(43)8-7-24(30(46)47)37-28(44)20-3-5-22(6-4-20)34-17-23-18-35-27-26(36-23)29(45)39-31(32)38-27/h3-6,18-19,24,34H,2,7-17H2,1H3,(H,33,43)(H,37,44)(H,46,47)(H3,32,35,38,39,45)/t24-/m0/s1. The minimum Gasteiger partial charge on any atom is -0.492 e. The van der Waals surface area contributed by atoms with Crippen LogP contribution < -0.4 is 21.7 Å². The maximum absolute atomic E-state index is 12.7. The molecule has 19 heteroatoms. The average molecular weight is 696 g/mol. The molecule has 0 spiro atoms. The fourth-order valence-corrected chi connectivity index (χ4v) is 4.40. The maximum Gasteiger partial charge on any atom is 0.326 e. The van der Waals surface area contributed by atoms with Crippen molar-refractivity contribution < 1.29 is 38.8 Å². The Balaban J connectivity index is 1.05. The number of hydrogen-bond acceptors (Lipinski definition) is 15. The SMILES string of the molecule is CCc1cn(CCOCCOCCOCCNC(=O)CC[C@H](NC(=O)c2ccc(NCc3cnc4nc(N)nc(O)c4n3)cc2)C(=O)O)nn1. The highest BCUT2D eigenvalue weighted by molar-refractivity contribution is 5.97. The molecule has 0 bridgehead atoms. The molecule has 268 valence electrons. The summed E-state index contributed by atoms with van der Waals surface area (Å²) in [5.41, 5.74) is 8.10. The van der Waals surface area contributed by atoms with Crippen LogP contribution in [0.3, 0.4) is 0 Å². The Morgan fingerprint density at radius 3 is 2.38 bits per heavy atom. The second kappa shape index (κ2) is 19.5. The predicted octanol–water partition coefficient (Wildman–Crippen LogP) is 0.303. The van der Waals surface area contributed by atoms with E-state index in [1.54, 1.807) is 16.8 Å². The summed E-state index contributed by atoms with van der Waals surface area (Å²) in [5, 5.41) is 35.8. The van der Waals surface area contributed by atoms with Crippen LogP contribution in [0.1, 0.15) is 41.5 Å². The first kappa shape index (κ1) is 37.3. The molecule has 2 amide bonds. The molecular weight excluding hydrogens is 654 g/mol. The van der Waals surface area contributed by atoms with Gasteiger partial charge < -0.3 is 46.1 Å². The molecular formula is C31H41N11O8. The zero-order chi connectivity index (χ0) is 35.7. The summed E-state index contributed by atoms with van der Waals surface area (Å²) in [4.78, 5) is 52.7. The van der Waals surface area contributed by atoms with Gasteiger partial charge in [-0.15, -0.1) is 5.10 Å². The Morgan fingerprint density at radius 2 is 1.68 bits per heavy atom. The fourth-order valence-electron chi connectivity index (χ4n) is 4.40. The van der Waals surface area contributed by atoms with E-state index in [1.165, 1.54) is 18.3 Å². The molecule has 4 rings (SSSR count). The summed E-state index contributed by atoms with van der Waals surface area (Å²) in [6.45, 7) is 5.47. The van der Waals surface area contributed by atoms with Crippen LogP contribution in [0.4, 0.5) is 11.6 Å². The molecule has 7 N–H and O–H groups in total. The van der Waals surface area contributed by atoms with Crippen LogP contribution in [-0.4, -0.2) is 115 Å². The van der Waals surface area contributed by atoms with Gasteiger partial charge in [-0.25, -0.2) is 19.4 Å². The number of carboxylic acid groups (broad SMARTS) is 1. The largest absolute Gasteiger partial charge is 0.492 e. The number of fused-ring (bicyclic) bond motifs is 1. The highest BCUT2D eigenvalue weighted by Crippen LogP contribution is 2.19. The van der Waals surface area contributed by atoms with Gasteiger partial charge in [-0.2, -0.15) is 9.97 Å². The van der Waals surface area contributed by atoms with Crippen LogP contribution in [0, 0.1) is 0 Å². The number of aliphatic carboxylic acids is 1. The van der Waals surface area contributed by atoms with Gasteiger partial charge in [-0.05, 0) is 37.1 Å². The first-order valence-electron chi connectivity index (χ1n) is 16.0. The Morgan fingerprint density at radius 1 is 0.960 bits per heavy atom. The van der Waals surface area contributed by atoms with Gasteiger partial charge in [0.1, 0.15) is 6.04 Å². The fraction of sp³-hybridized carbons (Fsp3) is 0.452. The molecule has 50 heavy (non-hydrogen) atoms. The van der Waals surface area contributed by atoms with Crippen molar-refractivity contribution in [1.82, 2.24) is 45.6 Å². The van der Waals surface area contributed by atoms with E-state index in [2.05, 4.69) is 46.2 Å². The number of nitrogens with zero attached hydrogens (tertiary/aromatic N) is 7. The normalized spacial score (nSPS) is 11.7. The number of nitrogens with one attached hydrogen (secondary N) is 3. The second-order valence-electron chi connectivity index (χ2n) is 10.8. The highest BCUT2D eigenvalue weighted by atomic mass is 16.5. The van der Waals surface area contributed by atoms with Crippen LogP contribution in [0.25, 0.3) is 11.2 Å². The molecule has 0 aliphatic heterocycles. The molecule has 0 unspecified atom stereocenters. The lowest BCUT2D eigenvalue weighted by atomic mass is 10.1. The first-order valence-corrected chi connectivity index (χ1v) is 16.0. The lowest BCUT2D eigenvalue weighted by molar-refractivity contribution is -0.139. The number of nitrogen functional groups attached to an aromatic ring is 1. The van der Waals surface area contributed by atoms with E-state index in [4.69, 9.17) is 19.9 Å². The number of nitrogens with two attached hydrogens (primary N) is 1. The quantitative estimate of drug-likeness (QED) is 0.0604. The van der Waals surface area contributed by atoms with Gasteiger partial charge in [0, 0.05) is 30.4 Å². The molecule has 1 aromatic carbocycles. The van der Waals surface area contributed by atoms with Crippen molar-refractivity contribution >= 4 is 40.6 Å². The molecule has 4 aromatic rings. The van der Waals surface area contributed by atoms with Crippen molar-refractivity contribution in [3.63, 3.8) is 0 Å². The number of carbonyl (C=O) groups excluding carboxylic acids is 2. The molecule has 0 saturated heterocycles. The van der Waals surface area contributed by atoms with Crippen molar-refractivity contribution in [3.05, 3.63) is 53.6 Å². The van der Waals surface area contributed by atoms with E-state index >= 15 is 0 Å². The number of ether oxygens (including phenoxy) is 3. The summed E-state index contributed by atoms with van der Waals surface area (Å²) in [6, 6.07) is 5.08. The van der Waals surface area contributed by atoms with E-state index in [1.807, 2.05) is 13.1 Å². The topological polar surface area (TPSA) is 264 Å². The molecule has 0 aliphatic carbocycles. The third-order valence-electron chi connectivity index (χ3n) is 7.07.